The van der Waals surface area contributed by atoms with Crippen molar-refractivity contribution in [2.45, 2.75) is 38.8 Å². The van der Waals surface area contributed by atoms with Gasteiger partial charge < -0.3 is 10.6 Å². The lowest BCUT2D eigenvalue weighted by atomic mass is 10.2. The fourth-order valence-corrected chi connectivity index (χ4v) is 1.94. The summed E-state index contributed by atoms with van der Waals surface area (Å²) in [5.41, 5.74) is -0.700. The molecule has 0 atom stereocenters. The first-order valence-corrected chi connectivity index (χ1v) is 7.14. The third-order valence-electron chi connectivity index (χ3n) is 2.86. The molecule has 0 bridgehead atoms. The summed E-state index contributed by atoms with van der Waals surface area (Å²) >= 11 is 5.74. The molecule has 3 nitrogen and oxygen atoms in total. The van der Waals surface area contributed by atoms with E-state index in [0.29, 0.717) is 6.54 Å². The summed E-state index contributed by atoms with van der Waals surface area (Å²) in [6, 6.07) is 2.33. The van der Waals surface area contributed by atoms with Crippen LogP contribution in [0.2, 0.25) is 5.02 Å². The summed E-state index contributed by atoms with van der Waals surface area (Å²) < 4.78 is 37.4. The van der Waals surface area contributed by atoms with Crippen LogP contribution in [0.25, 0.3) is 0 Å². The SMILES string of the molecule is CCCCCCNC(=O)Nc1ccc(C(F)(F)F)cc1Cl. The monoisotopic (exact) mass is 322 g/mol. The van der Waals surface area contributed by atoms with Gasteiger partial charge in [0.1, 0.15) is 0 Å². The largest absolute Gasteiger partial charge is 0.416 e. The van der Waals surface area contributed by atoms with Crippen molar-refractivity contribution in [3.63, 3.8) is 0 Å². The second-order valence-corrected chi connectivity index (χ2v) is 5.04. The summed E-state index contributed by atoms with van der Waals surface area (Å²) in [5, 5.41) is 4.91. The van der Waals surface area contributed by atoms with Crippen LogP contribution in [0.4, 0.5) is 23.7 Å². The van der Waals surface area contributed by atoms with Gasteiger partial charge in [0.05, 0.1) is 16.3 Å². The molecule has 1 aromatic carbocycles. The van der Waals surface area contributed by atoms with Crippen molar-refractivity contribution in [1.29, 1.82) is 0 Å². The number of carbonyl (C=O) groups is 1. The molecular weight excluding hydrogens is 305 g/mol. The van der Waals surface area contributed by atoms with Crippen LogP contribution >= 0.6 is 11.6 Å². The van der Waals surface area contributed by atoms with Gasteiger partial charge in [-0.3, -0.25) is 0 Å². The zero-order valence-corrected chi connectivity index (χ0v) is 12.4. The fraction of sp³-hybridized carbons (Fsp3) is 0.500. The van der Waals surface area contributed by atoms with E-state index in [9.17, 15) is 18.0 Å². The molecule has 0 aromatic heterocycles. The molecule has 1 rings (SSSR count). The van der Waals surface area contributed by atoms with E-state index in [1.165, 1.54) is 0 Å². The molecule has 0 unspecified atom stereocenters. The van der Waals surface area contributed by atoms with Gasteiger partial charge in [-0.2, -0.15) is 13.2 Å². The Labute approximate surface area is 126 Å². The van der Waals surface area contributed by atoms with Crippen LogP contribution in [-0.4, -0.2) is 12.6 Å². The van der Waals surface area contributed by atoms with Gasteiger partial charge in [0, 0.05) is 6.54 Å². The van der Waals surface area contributed by atoms with E-state index in [0.717, 1.165) is 43.9 Å². The number of alkyl halides is 3. The number of halogens is 4. The number of unbranched alkanes of at least 4 members (excludes halogenated alkanes) is 3. The van der Waals surface area contributed by atoms with Crippen molar-refractivity contribution < 1.29 is 18.0 Å². The van der Waals surface area contributed by atoms with Crippen LogP contribution < -0.4 is 10.6 Å². The smallest absolute Gasteiger partial charge is 0.338 e. The zero-order valence-electron chi connectivity index (χ0n) is 11.7. The topological polar surface area (TPSA) is 41.1 Å². The van der Waals surface area contributed by atoms with E-state index in [1.54, 1.807) is 0 Å². The van der Waals surface area contributed by atoms with Crippen molar-refractivity contribution in [1.82, 2.24) is 5.32 Å². The fourth-order valence-electron chi connectivity index (χ4n) is 1.71. The highest BCUT2D eigenvalue weighted by atomic mass is 35.5. The first kappa shape index (κ1) is 17.6. The van der Waals surface area contributed by atoms with Crippen LogP contribution in [0.5, 0.6) is 0 Å². The minimum absolute atomic E-state index is 0.147. The number of carbonyl (C=O) groups excluding carboxylic acids is 1. The minimum atomic E-state index is -4.45. The van der Waals surface area contributed by atoms with Crippen LogP contribution in [-0.2, 0) is 6.18 Å². The summed E-state index contributed by atoms with van der Waals surface area (Å²) in [6.07, 6.45) is -0.356. The number of hydrogen-bond acceptors (Lipinski definition) is 1. The summed E-state index contributed by atoms with van der Waals surface area (Å²) in [4.78, 5) is 11.6. The highest BCUT2D eigenvalue weighted by Gasteiger charge is 2.30. The second kappa shape index (κ2) is 8.12. The molecule has 0 saturated heterocycles. The average Bonchev–Trinajstić information content (AvgIpc) is 2.39. The van der Waals surface area contributed by atoms with Gasteiger partial charge in [-0.1, -0.05) is 37.8 Å². The predicted molar refractivity (Wildman–Crippen MR) is 77.6 cm³/mol. The van der Waals surface area contributed by atoms with E-state index < -0.39 is 17.8 Å². The Morgan fingerprint density at radius 3 is 2.52 bits per heavy atom. The molecular formula is C14H18ClF3N2O. The first-order valence-electron chi connectivity index (χ1n) is 6.76. The Balaban J connectivity index is 2.49. The number of hydrogen-bond donors (Lipinski definition) is 2. The Bertz CT molecular complexity index is 478. The standard InChI is InChI=1S/C14H18ClF3N2O/c1-2-3-4-5-8-19-13(21)20-12-7-6-10(9-11(12)15)14(16,17)18/h6-7,9H,2-5,8H2,1H3,(H2,19,20,21). The lowest BCUT2D eigenvalue weighted by molar-refractivity contribution is -0.137. The molecule has 2 amide bonds. The molecule has 2 N–H and O–H groups in total. The van der Waals surface area contributed by atoms with Crippen LogP contribution in [0.1, 0.15) is 38.2 Å². The number of nitrogens with one attached hydrogen (secondary N) is 2. The lowest BCUT2D eigenvalue weighted by Gasteiger charge is -2.11. The Kier molecular flexibility index (Phi) is 6.81. The van der Waals surface area contributed by atoms with E-state index in [2.05, 4.69) is 17.6 Å². The zero-order chi connectivity index (χ0) is 15.9. The van der Waals surface area contributed by atoms with Gasteiger partial charge in [0.15, 0.2) is 0 Å². The predicted octanol–water partition coefficient (Wildman–Crippen LogP) is 5.06. The second-order valence-electron chi connectivity index (χ2n) is 4.63. The molecule has 0 aliphatic rings. The van der Waals surface area contributed by atoms with Gasteiger partial charge >= 0.3 is 12.2 Å². The third-order valence-corrected chi connectivity index (χ3v) is 3.17. The van der Waals surface area contributed by atoms with Crippen LogP contribution in [0, 0.1) is 0 Å². The van der Waals surface area contributed by atoms with Gasteiger partial charge in [-0.05, 0) is 24.6 Å². The maximum absolute atomic E-state index is 12.5. The number of amides is 2. The normalized spacial score (nSPS) is 11.3. The highest BCUT2D eigenvalue weighted by molar-refractivity contribution is 6.33. The van der Waals surface area contributed by atoms with E-state index in [1.807, 2.05) is 0 Å². The molecule has 0 saturated carbocycles. The molecule has 0 spiro atoms. The van der Waals surface area contributed by atoms with Crippen molar-refractivity contribution >= 4 is 23.3 Å². The highest BCUT2D eigenvalue weighted by Crippen LogP contribution is 2.33. The van der Waals surface area contributed by atoms with Gasteiger partial charge in [0.2, 0.25) is 0 Å². The van der Waals surface area contributed by atoms with Gasteiger partial charge in [-0.25, -0.2) is 4.79 Å². The van der Waals surface area contributed by atoms with Gasteiger partial charge in [0.25, 0.3) is 0 Å². The maximum atomic E-state index is 12.5. The van der Waals surface area contributed by atoms with Gasteiger partial charge in [-0.15, -0.1) is 0 Å². The van der Waals surface area contributed by atoms with Crippen molar-refractivity contribution in [3.8, 4) is 0 Å². The quantitative estimate of drug-likeness (QED) is 0.706. The third kappa shape index (κ3) is 6.25. The Morgan fingerprint density at radius 1 is 1.24 bits per heavy atom. The summed E-state index contributed by atoms with van der Waals surface area (Å²) in [7, 11) is 0. The van der Waals surface area contributed by atoms with Crippen molar-refractivity contribution in [2.75, 3.05) is 11.9 Å². The number of benzene rings is 1. The molecule has 21 heavy (non-hydrogen) atoms. The Hall–Kier alpha value is -1.43. The van der Waals surface area contributed by atoms with Crippen molar-refractivity contribution in [3.05, 3.63) is 28.8 Å². The number of rotatable bonds is 6. The minimum Gasteiger partial charge on any atom is -0.338 e. The molecule has 0 radical (unpaired) electrons. The molecule has 0 aliphatic carbocycles. The first-order chi connectivity index (χ1) is 9.84. The summed E-state index contributed by atoms with van der Waals surface area (Å²) in [6.45, 7) is 2.61. The molecule has 0 heterocycles. The van der Waals surface area contributed by atoms with E-state index in [4.69, 9.17) is 11.6 Å². The lowest BCUT2D eigenvalue weighted by Crippen LogP contribution is -2.29. The molecule has 0 aliphatic heterocycles. The molecule has 1 aromatic rings. The molecule has 0 fully saturated rings. The molecule has 118 valence electrons. The number of anilines is 1. The maximum Gasteiger partial charge on any atom is 0.416 e. The average molecular weight is 323 g/mol. The van der Waals surface area contributed by atoms with Crippen LogP contribution in [0.3, 0.4) is 0 Å². The number of urea groups is 1. The van der Waals surface area contributed by atoms with E-state index in [-0.39, 0.29) is 10.7 Å². The van der Waals surface area contributed by atoms with E-state index >= 15 is 0 Å². The Morgan fingerprint density at radius 2 is 1.95 bits per heavy atom. The van der Waals surface area contributed by atoms with Crippen LogP contribution in [0.15, 0.2) is 18.2 Å². The van der Waals surface area contributed by atoms with Crippen molar-refractivity contribution in [2.24, 2.45) is 0 Å². The summed E-state index contributed by atoms with van der Waals surface area (Å²) in [5.74, 6) is 0. The molecule has 7 heteroatoms.